The summed E-state index contributed by atoms with van der Waals surface area (Å²) in [7, 11) is 0. The van der Waals surface area contributed by atoms with Gasteiger partial charge in [0.2, 0.25) is 0 Å². The van der Waals surface area contributed by atoms with Gasteiger partial charge in [-0.15, -0.1) is 0 Å². The van der Waals surface area contributed by atoms with Crippen molar-refractivity contribution in [2.24, 2.45) is 0 Å². The predicted molar refractivity (Wildman–Crippen MR) is 76.4 cm³/mol. The molecule has 20 heavy (non-hydrogen) atoms. The molecule has 0 saturated heterocycles. The largest absolute Gasteiger partial charge is 0.481 e. The topological polar surface area (TPSA) is 38.3 Å². The van der Waals surface area contributed by atoms with Gasteiger partial charge in [0.1, 0.15) is 0 Å². The van der Waals surface area contributed by atoms with Crippen molar-refractivity contribution in [2.45, 2.75) is 13.8 Å². The van der Waals surface area contributed by atoms with Gasteiger partial charge in [0.25, 0.3) is 5.91 Å². The molecule has 0 unspecified atom stereocenters. The minimum absolute atomic E-state index is 0.0874. The van der Waals surface area contributed by atoms with Crippen molar-refractivity contribution in [2.75, 3.05) is 11.9 Å². The Balaban J connectivity index is 1.94. The molecule has 0 atom stereocenters. The van der Waals surface area contributed by atoms with Crippen LogP contribution in [-0.4, -0.2) is 12.5 Å². The average Bonchev–Trinajstić information content (AvgIpc) is 2.40. The molecule has 0 spiro atoms. The van der Waals surface area contributed by atoms with E-state index in [2.05, 4.69) is 5.32 Å². The minimum Gasteiger partial charge on any atom is -0.481 e. The monoisotopic (exact) mass is 273 g/mol. The highest BCUT2D eigenvalue weighted by Crippen LogP contribution is 2.19. The Hall–Kier alpha value is -2.36. The van der Waals surface area contributed by atoms with Crippen LogP contribution in [0.1, 0.15) is 11.1 Å². The average molecular weight is 273 g/mol. The van der Waals surface area contributed by atoms with Crippen LogP contribution in [0.3, 0.4) is 0 Å². The van der Waals surface area contributed by atoms with Gasteiger partial charge in [0.05, 0.1) is 0 Å². The summed E-state index contributed by atoms with van der Waals surface area (Å²) in [6, 6.07) is 12.3. The fourth-order valence-corrected chi connectivity index (χ4v) is 1.80. The second kappa shape index (κ2) is 6.19. The molecule has 2 rings (SSSR count). The zero-order valence-electron chi connectivity index (χ0n) is 11.4. The maximum atomic E-state index is 13.7. The molecule has 3 nitrogen and oxygen atoms in total. The van der Waals surface area contributed by atoms with E-state index in [1.807, 2.05) is 25.1 Å². The van der Waals surface area contributed by atoms with Crippen molar-refractivity contribution in [3.8, 4) is 5.75 Å². The number of nitrogens with one attached hydrogen (secondary N) is 1. The van der Waals surface area contributed by atoms with E-state index in [-0.39, 0.29) is 18.3 Å². The molecule has 4 heteroatoms. The lowest BCUT2D eigenvalue weighted by Crippen LogP contribution is -2.20. The third-order valence-electron chi connectivity index (χ3n) is 2.82. The first-order valence-electron chi connectivity index (χ1n) is 6.30. The highest BCUT2D eigenvalue weighted by atomic mass is 19.1. The van der Waals surface area contributed by atoms with Crippen LogP contribution in [0.2, 0.25) is 0 Å². The van der Waals surface area contributed by atoms with E-state index < -0.39 is 5.82 Å². The van der Waals surface area contributed by atoms with Crippen molar-refractivity contribution >= 4 is 11.6 Å². The zero-order chi connectivity index (χ0) is 14.5. The first-order chi connectivity index (χ1) is 9.56. The Labute approximate surface area is 117 Å². The summed E-state index contributed by atoms with van der Waals surface area (Å²) >= 11 is 0. The summed E-state index contributed by atoms with van der Waals surface area (Å²) in [5.41, 5.74) is 2.23. The van der Waals surface area contributed by atoms with E-state index in [0.717, 1.165) is 5.56 Å². The molecule has 0 aliphatic carbocycles. The van der Waals surface area contributed by atoms with Crippen molar-refractivity contribution in [3.63, 3.8) is 0 Å². The Bertz CT molecular complexity index is 626. The molecule has 1 amide bonds. The number of ether oxygens (including phenoxy) is 1. The highest BCUT2D eigenvalue weighted by Gasteiger charge is 2.08. The predicted octanol–water partition coefficient (Wildman–Crippen LogP) is 3.46. The van der Waals surface area contributed by atoms with Crippen LogP contribution in [0, 0.1) is 19.7 Å². The van der Waals surface area contributed by atoms with E-state index in [1.165, 1.54) is 6.07 Å². The van der Waals surface area contributed by atoms with Crippen LogP contribution in [0.25, 0.3) is 0 Å². The number of halogens is 1. The lowest BCUT2D eigenvalue weighted by molar-refractivity contribution is -0.118. The lowest BCUT2D eigenvalue weighted by atomic mass is 10.2. The molecule has 0 aliphatic heterocycles. The van der Waals surface area contributed by atoms with Crippen molar-refractivity contribution in [1.82, 2.24) is 0 Å². The number of anilines is 1. The molecule has 104 valence electrons. The molecule has 0 fully saturated rings. The van der Waals surface area contributed by atoms with Crippen LogP contribution in [0.4, 0.5) is 10.1 Å². The quantitative estimate of drug-likeness (QED) is 0.926. The summed E-state index contributed by atoms with van der Waals surface area (Å²) in [6.07, 6.45) is 0. The molecule has 0 aromatic heterocycles. The second-order valence-electron chi connectivity index (χ2n) is 4.59. The van der Waals surface area contributed by atoms with Gasteiger partial charge >= 0.3 is 0 Å². The Morgan fingerprint density at radius 1 is 1.20 bits per heavy atom. The number of rotatable bonds is 4. The maximum absolute atomic E-state index is 13.7. The fraction of sp³-hybridized carbons (Fsp3) is 0.188. The van der Waals surface area contributed by atoms with Crippen LogP contribution in [0.15, 0.2) is 42.5 Å². The van der Waals surface area contributed by atoms with Gasteiger partial charge in [-0.3, -0.25) is 4.79 Å². The summed E-state index contributed by atoms with van der Waals surface area (Å²) in [5.74, 6) is -0.670. The molecule has 0 radical (unpaired) electrons. The minimum atomic E-state index is -0.434. The second-order valence-corrected chi connectivity index (χ2v) is 4.59. The molecule has 0 saturated carbocycles. The Morgan fingerprint density at radius 3 is 2.70 bits per heavy atom. The molecule has 0 bridgehead atoms. The van der Waals surface area contributed by atoms with Gasteiger partial charge < -0.3 is 10.1 Å². The highest BCUT2D eigenvalue weighted by molar-refractivity contribution is 5.91. The number of aryl methyl sites for hydroxylation is 2. The molecule has 0 heterocycles. The summed E-state index contributed by atoms with van der Waals surface area (Å²) in [4.78, 5) is 11.7. The Morgan fingerprint density at radius 2 is 1.95 bits per heavy atom. The third kappa shape index (κ3) is 3.57. The number of benzene rings is 2. The van der Waals surface area contributed by atoms with Crippen LogP contribution in [-0.2, 0) is 4.79 Å². The molecule has 2 aromatic carbocycles. The molecular weight excluding hydrogens is 257 g/mol. The van der Waals surface area contributed by atoms with Crippen LogP contribution in [0.5, 0.6) is 5.75 Å². The van der Waals surface area contributed by atoms with Crippen LogP contribution < -0.4 is 10.1 Å². The van der Waals surface area contributed by atoms with Gasteiger partial charge in [0, 0.05) is 5.69 Å². The smallest absolute Gasteiger partial charge is 0.262 e. The number of carbonyl (C=O) groups is 1. The number of hydrogen-bond acceptors (Lipinski definition) is 2. The van der Waals surface area contributed by atoms with Crippen LogP contribution >= 0.6 is 0 Å². The maximum Gasteiger partial charge on any atom is 0.262 e. The third-order valence-corrected chi connectivity index (χ3v) is 2.82. The van der Waals surface area contributed by atoms with E-state index >= 15 is 0 Å². The standard InChI is InChI=1S/C16H16FNO2/c1-11-5-3-7-13(9-11)18-15(19)10-20-14-8-4-6-12(2)16(14)17/h3-9H,10H2,1-2H3,(H,18,19). The van der Waals surface area contributed by atoms with Gasteiger partial charge in [-0.2, -0.15) is 0 Å². The van der Waals surface area contributed by atoms with Gasteiger partial charge in [-0.25, -0.2) is 4.39 Å². The summed E-state index contributed by atoms with van der Waals surface area (Å²) in [5, 5.41) is 2.70. The van der Waals surface area contributed by atoms with E-state index in [9.17, 15) is 9.18 Å². The van der Waals surface area contributed by atoms with Crippen molar-refractivity contribution < 1.29 is 13.9 Å². The van der Waals surface area contributed by atoms with E-state index in [0.29, 0.717) is 11.3 Å². The summed E-state index contributed by atoms with van der Waals surface area (Å²) < 4.78 is 18.9. The molecule has 2 aromatic rings. The van der Waals surface area contributed by atoms with Crippen molar-refractivity contribution in [3.05, 3.63) is 59.4 Å². The number of hydrogen-bond donors (Lipinski definition) is 1. The molecule has 0 aliphatic rings. The van der Waals surface area contributed by atoms with E-state index in [4.69, 9.17) is 4.74 Å². The van der Waals surface area contributed by atoms with Gasteiger partial charge in [-0.05, 0) is 43.2 Å². The van der Waals surface area contributed by atoms with E-state index in [1.54, 1.807) is 25.1 Å². The van der Waals surface area contributed by atoms with Gasteiger partial charge in [-0.1, -0.05) is 24.3 Å². The number of carbonyl (C=O) groups excluding carboxylic acids is 1. The molecule has 1 N–H and O–H groups in total. The van der Waals surface area contributed by atoms with Gasteiger partial charge in [0.15, 0.2) is 18.2 Å². The lowest BCUT2D eigenvalue weighted by Gasteiger charge is -2.09. The first-order valence-corrected chi connectivity index (χ1v) is 6.30. The first kappa shape index (κ1) is 14.1. The number of amides is 1. The molecular formula is C16H16FNO2. The fourth-order valence-electron chi connectivity index (χ4n) is 1.80. The van der Waals surface area contributed by atoms with Crippen molar-refractivity contribution in [1.29, 1.82) is 0 Å². The zero-order valence-corrected chi connectivity index (χ0v) is 11.4. The summed E-state index contributed by atoms with van der Waals surface area (Å²) in [6.45, 7) is 3.36. The SMILES string of the molecule is Cc1cccc(NC(=O)COc2cccc(C)c2F)c1. The normalized spacial score (nSPS) is 10.2. The Kier molecular flexibility index (Phi) is 4.35.